The molecule has 8 heteroatoms. The summed E-state index contributed by atoms with van der Waals surface area (Å²) in [6.45, 7) is 0.649. The molecule has 2 aliphatic rings. The van der Waals surface area contributed by atoms with Crippen molar-refractivity contribution in [3.8, 4) is 5.75 Å². The zero-order valence-corrected chi connectivity index (χ0v) is 13.3. The highest BCUT2D eigenvalue weighted by Gasteiger charge is 2.42. The van der Waals surface area contributed by atoms with Crippen LogP contribution in [0.2, 0.25) is 0 Å². The molecule has 0 bridgehead atoms. The Morgan fingerprint density at radius 2 is 2.22 bits per heavy atom. The molecular weight excluding hydrogens is 328 g/mol. The Kier molecular flexibility index (Phi) is 5.75. The first kappa shape index (κ1) is 17.9. The van der Waals surface area contributed by atoms with Crippen molar-refractivity contribution in [3.05, 3.63) is 24.0 Å². The molecule has 2 heterocycles. The van der Waals surface area contributed by atoms with E-state index in [-0.39, 0.29) is 35.8 Å². The Hall–Kier alpha value is -1.47. The van der Waals surface area contributed by atoms with Crippen LogP contribution in [0, 0.1) is 11.8 Å². The van der Waals surface area contributed by atoms with Gasteiger partial charge in [0.25, 0.3) is 12.3 Å². The molecule has 5 nitrogen and oxygen atoms in total. The SMILES string of the molecule is Cl.NC1CCC2CN(C(=O)c3cc(OCC(F)F)ccn3)CC12. The largest absolute Gasteiger partial charge is 0.488 e. The van der Waals surface area contributed by atoms with E-state index in [9.17, 15) is 13.6 Å². The molecular formula is C15H20ClF2N3O2. The fourth-order valence-electron chi connectivity index (χ4n) is 3.41. The van der Waals surface area contributed by atoms with Gasteiger partial charge in [0.05, 0.1) is 0 Å². The number of carbonyl (C=O) groups excluding carboxylic acids is 1. The summed E-state index contributed by atoms with van der Waals surface area (Å²) in [5.74, 6) is 0.873. The molecule has 1 aromatic rings. The second-order valence-electron chi connectivity index (χ2n) is 5.95. The fraction of sp³-hybridized carbons (Fsp3) is 0.600. The summed E-state index contributed by atoms with van der Waals surface area (Å²) in [5, 5.41) is 0. The van der Waals surface area contributed by atoms with Crippen LogP contribution in [0.25, 0.3) is 0 Å². The van der Waals surface area contributed by atoms with Gasteiger partial charge in [-0.1, -0.05) is 0 Å². The van der Waals surface area contributed by atoms with Gasteiger partial charge in [-0.05, 0) is 30.7 Å². The summed E-state index contributed by atoms with van der Waals surface area (Å²) in [6, 6.07) is 3.04. The topological polar surface area (TPSA) is 68.5 Å². The fourth-order valence-corrected chi connectivity index (χ4v) is 3.41. The molecule has 3 rings (SSSR count). The number of likely N-dealkylation sites (tertiary alicyclic amines) is 1. The van der Waals surface area contributed by atoms with Crippen molar-refractivity contribution in [2.75, 3.05) is 19.7 Å². The number of rotatable bonds is 4. The molecule has 0 aromatic carbocycles. The van der Waals surface area contributed by atoms with E-state index < -0.39 is 13.0 Å². The zero-order chi connectivity index (χ0) is 15.7. The lowest BCUT2D eigenvalue weighted by molar-refractivity contribution is 0.0768. The molecule has 1 aliphatic heterocycles. The summed E-state index contributed by atoms with van der Waals surface area (Å²) in [5.41, 5.74) is 6.29. The van der Waals surface area contributed by atoms with Crippen LogP contribution in [0.4, 0.5) is 8.78 Å². The first-order valence-electron chi connectivity index (χ1n) is 7.46. The number of hydrogen-bond donors (Lipinski definition) is 1. The number of carbonyl (C=O) groups is 1. The van der Waals surface area contributed by atoms with E-state index in [0.717, 1.165) is 12.8 Å². The van der Waals surface area contributed by atoms with E-state index in [1.54, 1.807) is 4.90 Å². The van der Waals surface area contributed by atoms with Crippen molar-refractivity contribution in [1.29, 1.82) is 0 Å². The summed E-state index contributed by atoms with van der Waals surface area (Å²) >= 11 is 0. The van der Waals surface area contributed by atoms with Crippen LogP contribution in [-0.4, -0.2) is 48.0 Å². The van der Waals surface area contributed by atoms with Gasteiger partial charge in [-0.2, -0.15) is 0 Å². The minimum atomic E-state index is -2.55. The Balaban J connectivity index is 0.00000192. The number of amides is 1. The average molecular weight is 348 g/mol. The Labute approximate surface area is 139 Å². The van der Waals surface area contributed by atoms with E-state index >= 15 is 0 Å². The molecule has 0 radical (unpaired) electrons. The molecule has 1 aromatic heterocycles. The predicted molar refractivity (Wildman–Crippen MR) is 83.1 cm³/mol. The van der Waals surface area contributed by atoms with Crippen molar-refractivity contribution in [2.45, 2.75) is 25.3 Å². The Morgan fingerprint density at radius 1 is 1.43 bits per heavy atom. The van der Waals surface area contributed by atoms with Crippen molar-refractivity contribution in [3.63, 3.8) is 0 Å². The number of alkyl halides is 2. The second kappa shape index (κ2) is 7.40. The van der Waals surface area contributed by atoms with Crippen LogP contribution < -0.4 is 10.5 Å². The number of hydrogen-bond acceptors (Lipinski definition) is 4. The number of ether oxygens (including phenoxy) is 1. The van der Waals surface area contributed by atoms with Gasteiger partial charge in [0.2, 0.25) is 0 Å². The zero-order valence-electron chi connectivity index (χ0n) is 12.5. The third-order valence-corrected chi connectivity index (χ3v) is 4.53. The Bertz CT molecular complexity index is 561. The van der Waals surface area contributed by atoms with E-state index in [4.69, 9.17) is 10.5 Å². The van der Waals surface area contributed by atoms with E-state index in [1.165, 1.54) is 18.3 Å². The van der Waals surface area contributed by atoms with Crippen LogP contribution in [0.5, 0.6) is 5.75 Å². The standard InChI is InChI=1S/C15H19F2N3O2.ClH/c16-14(17)8-22-10-3-4-19-13(5-10)15(21)20-6-9-1-2-12(18)11(9)7-20;/h3-5,9,11-12,14H,1-2,6-8,18H2;1H. The molecule has 23 heavy (non-hydrogen) atoms. The molecule has 1 saturated heterocycles. The van der Waals surface area contributed by atoms with Crippen LogP contribution in [-0.2, 0) is 0 Å². The quantitative estimate of drug-likeness (QED) is 0.904. The number of aromatic nitrogens is 1. The summed E-state index contributed by atoms with van der Waals surface area (Å²) in [7, 11) is 0. The summed E-state index contributed by atoms with van der Waals surface area (Å²) < 4.78 is 29.3. The van der Waals surface area contributed by atoms with E-state index in [2.05, 4.69) is 4.98 Å². The first-order valence-corrected chi connectivity index (χ1v) is 7.46. The third kappa shape index (κ3) is 3.90. The predicted octanol–water partition coefficient (Wildman–Crippen LogP) is 1.96. The maximum absolute atomic E-state index is 12.5. The Morgan fingerprint density at radius 3 is 2.91 bits per heavy atom. The van der Waals surface area contributed by atoms with Gasteiger partial charge in [0.15, 0.2) is 0 Å². The van der Waals surface area contributed by atoms with Gasteiger partial charge >= 0.3 is 0 Å². The first-order chi connectivity index (χ1) is 10.5. The second-order valence-corrected chi connectivity index (χ2v) is 5.95. The van der Waals surface area contributed by atoms with Crippen LogP contribution >= 0.6 is 12.4 Å². The minimum Gasteiger partial charge on any atom is -0.488 e. The van der Waals surface area contributed by atoms with Gasteiger partial charge in [-0.15, -0.1) is 12.4 Å². The highest BCUT2D eigenvalue weighted by atomic mass is 35.5. The maximum Gasteiger partial charge on any atom is 0.272 e. The average Bonchev–Trinajstić information content (AvgIpc) is 3.07. The lowest BCUT2D eigenvalue weighted by atomic mass is 9.98. The molecule has 2 N–H and O–H groups in total. The summed E-state index contributed by atoms with van der Waals surface area (Å²) in [4.78, 5) is 18.3. The van der Waals surface area contributed by atoms with E-state index in [1.807, 2.05) is 0 Å². The molecule has 0 spiro atoms. The molecule has 128 valence electrons. The van der Waals surface area contributed by atoms with Gasteiger partial charge < -0.3 is 15.4 Å². The smallest absolute Gasteiger partial charge is 0.272 e. The molecule has 1 saturated carbocycles. The molecule has 3 unspecified atom stereocenters. The van der Waals surface area contributed by atoms with Gasteiger partial charge in [0.1, 0.15) is 18.1 Å². The highest BCUT2D eigenvalue weighted by molar-refractivity contribution is 5.92. The third-order valence-electron chi connectivity index (χ3n) is 4.53. The van der Waals surface area contributed by atoms with Gasteiger partial charge in [-0.25, -0.2) is 8.78 Å². The highest BCUT2D eigenvalue weighted by Crippen LogP contribution is 2.37. The van der Waals surface area contributed by atoms with Crippen LogP contribution in [0.3, 0.4) is 0 Å². The lowest BCUT2D eigenvalue weighted by Gasteiger charge is -2.18. The van der Waals surface area contributed by atoms with E-state index in [0.29, 0.717) is 24.9 Å². The van der Waals surface area contributed by atoms with Gasteiger partial charge in [-0.3, -0.25) is 9.78 Å². The van der Waals surface area contributed by atoms with Crippen molar-refractivity contribution in [2.24, 2.45) is 17.6 Å². The number of halogens is 3. The minimum absolute atomic E-state index is 0. The monoisotopic (exact) mass is 347 g/mol. The molecule has 3 atom stereocenters. The van der Waals surface area contributed by atoms with Crippen LogP contribution in [0.1, 0.15) is 23.3 Å². The lowest BCUT2D eigenvalue weighted by Crippen LogP contribution is -2.33. The van der Waals surface area contributed by atoms with Crippen molar-refractivity contribution >= 4 is 18.3 Å². The number of fused-ring (bicyclic) bond motifs is 1. The molecule has 1 amide bonds. The van der Waals surface area contributed by atoms with Gasteiger partial charge in [0, 0.05) is 31.4 Å². The number of nitrogens with two attached hydrogens (primary N) is 1. The van der Waals surface area contributed by atoms with Crippen LogP contribution in [0.15, 0.2) is 18.3 Å². The number of pyridine rings is 1. The number of nitrogens with zero attached hydrogens (tertiary/aromatic N) is 2. The molecule has 2 fully saturated rings. The maximum atomic E-state index is 12.5. The normalized spacial score (nSPS) is 26.1. The van der Waals surface area contributed by atoms with Crippen molar-refractivity contribution < 1.29 is 18.3 Å². The molecule has 1 aliphatic carbocycles. The summed E-state index contributed by atoms with van der Waals surface area (Å²) in [6.07, 6.45) is 0.927. The van der Waals surface area contributed by atoms with Crippen molar-refractivity contribution in [1.82, 2.24) is 9.88 Å².